The summed E-state index contributed by atoms with van der Waals surface area (Å²) < 4.78 is 12.7. The lowest BCUT2D eigenvalue weighted by molar-refractivity contribution is -0.908. The maximum absolute atomic E-state index is 14.0. The fourth-order valence-corrected chi connectivity index (χ4v) is 5.33. The minimum atomic E-state index is -0.835. The highest BCUT2D eigenvalue weighted by Crippen LogP contribution is 2.42. The third-order valence-corrected chi connectivity index (χ3v) is 7.35. The predicted molar refractivity (Wildman–Crippen MR) is 139 cm³/mol. The summed E-state index contributed by atoms with van der Waals surface area (Å²) in [6, 6.07) is 15.9. The van der Waals surface area contributed by atoms with Crippen molar-refractivity contribution in [3.63, 3.8) is 0 Å². The number of amides is 1. The number of carbonyl (C=O) groups is 2. The van der Waals surface area contributed by atoms with Crippen molar-refractivity contribution in [1.82, 2.24) is 14.7 Å². The Morgan fingerprint density at radius 2 is 1.82 bits per heavy atom. The smallest absolute Gasteiger partial charge is 0.295 e. The van der Waals surface area contributed by atoms with E-state index in [0.717, 1.165) is 38.5 Å². The van der Waals surface area contributed by atoms with Crippen molar-refractivity contribution < 1.29 is 29.1 Å². The first-order valence-corrected chi connectivity index (χ1v) is 12.9. The van der Waals surface area contributed by atoms with E-state index in [2.05, 4.69) is 5.10 Å². The molecule has 38 heavy (non-hydrogen) atoms. The molecule has 0 spiro atoms. The third-order valence-electron chi connectivity index (χ3n) is 7.35. The molecule has 9 heteroatoms. The summed E-state index contributed by atoms with van der Waals surface area (Å²) in [5, 5.41) is 18.4. The number of likely N-dealkylation sites (tertiary alicyclic amines) is 1. The van der Waals surface area contributed by atoms with E-state index in [4.69, 9.17) is 9.47 Å². The first-order valence-electron chi connectivity index (χ1n) is 12.9. The second-order valence-corrected chi connectivity index (χ2v) is 9.57. The number of aromatic nitrogens is 2. The van der Waals surface area contributed by atoms with Gasteiger partial charge in [0.15, 0.2) is 0 Å². The van der Waals surface area contributed by atoms with Crippen molar-refractivity contribution in [3.8, 4) is 11.4 Å². The second-order valence-electron chi connectivity index (χ2n) is 9.57. The summed E-state index contributed by atoms with van der Waals surface area (Å²) >= 11 is 0. The van der Waals surface area contributed by atoms with Crippen molar-refractivity contribution in [2.45, 2.75) is 19.4 Å². The number of methoxy groups -OCH3 is 1. The number of quaternary nitrogens is 1. The maximum atomic E-state index is 14.0. The molecule has 0 aliphatic carbocycles. The molecule has 1 aromatic heterocycles. The Morgan fingerprint density at radius 3 is 2.55 bits per heavy atom. The molecule has 1 amide bonds. The molecule has 1 unspecified atom stereocenters. The van der Waals surface area contributed by atoms with Crippen molar-refractivity contribution in [1.29, 1.82) is 0 Å². The summed E-state index contributed by atoms with van der Waals surface area (Å²) in [7, 11) is 1.54. The fourth-order valence-electron chi connectivity index (χ4n) is 5.33. The summed E-state index contributed by atoms with van der Waals surface area (Å²) in [4.78, 5) is 29.7. The molecular weight excluding hydrogens is 484 g/mol. The van der Waals surface area contributed by atoms with Gasteiger partial charge in [0.25, 0.3) is 5.91 Å². The van der Waals surface area contributed by atoms with Crippen LogP contribution in [-0.4, -0.2) is 72.9 Å². The third kappa shape index (κ3) is 4.82. The largest absolute Gasteiger partial charge is 0.872 e. The number of hydrogen-bond donors (Lipinski definition) is 1. The van der Waals surface area contributed by atoms with Crippen LogP contribution in [0.4, 0.5) is 0 Å². The van der Waals surface area contributed by atoms with Crippen LogP contribution in [0.2, 0.25) is 0 Å². The van der Waals surface area contributed by atoms with Gasteiger partial charge in [-0.15, -0.1) is 0 Å². The van der Waals surface area contributed by atoms with Crippen molar-refractivity contribution >= 4 is 17.4 Å². The fraction of sp³-hybridized carbons (Fsp3) is 0.345. The monoisotopic (exact) mass is 516 g/mol. The zero-order chi connectivity index (χ0) is 26.6. The molecule has 1 atom stereocenters. The number of morpholine rings is 1. The first-order chi connectivity index (χ1) is 18.5. The summed E-state index contributed by atoms with van der Waals surface area (Å²) in [6.07, 6.45) is 2.17. The van der Waals surface area contributed by atoms with Gasteiger partial charge >= 0.3 is 0 Å². The zero-order valence-electron chi connectivity index (χ0n) is 21.7. The molecular formula is C29H32N4O5. The number of Topliss-reactive ketones (excluding diaryl/α,β-unsaturated/α-hetero) is 1. The summed E-state index contributed by atoms with van der Waals surface area (Å²) in [6.45, 7) is 6.29. The quantitative estimate of drug-likeness (QED) is 0.269. The average molecular weight is 517 g/mol. The molecule has 2 fully saturated rings. The second kappa shape index (κ2) is 11.2. The number of hydrogen-bond acceptors (Lipinski definition) is 6. The van der Waals surface area contributed by atoms with Gasteiger partial charge in [-0.05, 0) is 25.1 Å². The molecule has 3 aromatic rings. The molecule has 0 bridgehead atoms. The molecule has 1 N–H and O–H groups in total. The van der Waals surface area contributed by atoms with Gasteiger partial charge in [0, 0.05) is 35.4 Å². The number of carbonyl (C=O) groups excluding carboxylic acids is 2. The molecule has 5 rings (SSSR count). The van der Waals surface area contributed by atoms with Gasteiger partial charge in [0.1, 0.15) is 18.8 Å². The predicted octanol–water partition coefficient (Wildman–Crippen LogP) is 0.719. The number of ketones is 1. The van der Waals surface area contributed by atoms with Crippen LogP contribution in [0.25, 0.3) is 11.4 Å². The molecule has 2 aliphatic rings. The Bertz CT molecular complexity index is 1340. The van der Waals surface area contributed by atoms with Gasteiger partial charge in [-0.25, -0.2) is 4.68 Å². The van der Waals surface area contributed by atoms with Crippen LogP contribution in [0.5, 0.6) is 5.75 Å². The van der Waals surface area contributed by atoms with Crippen molar-refractivity contribution in [2.75, 3.05) is 46.5 Å². The van der Waals surface area contributed by atoms with Crippen LogP contribution in [0.1, 0.15) is 29.3 Å². The zero-order valence-corrected chi connectivity index (χ0v) is 21.7. The van der Waals surface area contributed by atoms with E-state index in [0.29, 0.717) is 35.5 Å². The van der Waals surface area contributed by atoms with E-state index in [1.165, 1.54) is 16.0 Å². The Balaban J connectivity index is 1.54. The standard InChI is InChI=1S/C29H32N4O5/c1-20-23(19-30-33(20)21-9-4-3-5-10-21)27(34)25-26(22-11-6-7-12-24(22)37-2)32(29(36)28(25)35)14-8-13-31-15-17-38-18-16-31/h3-7,9-12,19,26,34H,8,13-18H2,1-2H3. The van der Waals surface area contributed by atoms with E-state index in [-0.39, 0.29) is 5.57 Å². The molecule has 0 radical (unpaired) electrons. The van der Waals surface area contributed by atoms with Gasteiger partial charge in [0.05, 0.1) is 44.8 Å². The van der Waals surface area contributed by atoms with Gasteiger partial charge < -0.3 is 24.4 Å². The number of nitrogens with one attached hydrogen (secondary N) is 1. The Morgan fingerprint density at radius 1 is 1.11 bits per heavy atom. The minimum Gasteiger partial charge on any atom is -0.872 e. The number of benzene rings is 2. The highest BCUT2D eigenvalue weighted by atomic mass is 16.5. The Hall–Kier alpha value is -3.95. The molecule has 198 valence electrons. The molecule has 2 aromatic carbocycles. The van der Waals surface area contributed by atoms with Crippen LogP contribution in [-0.2, 0) is 14.3 Å². The van der Waals surface area contributed by atoms with Crippen LogP contribution < -0.4 is 14.7 Å². The minimum absolute atomic E-state index is 0.0612. The lowest BCUT2D eigenvalue weighted by Gasteiger charge is -2.29. The normalized spacial score (nSPS) is 19.7. The summed E-state index contributed by atoms with van der Waals surface area (Å²) in [5.74, 6) is -1.39. The van der Waals surface area contributed by atoms with Gasteiger partial charge in [-0.1, -0.05) is 42.2 Å². The molecule has 3 heterocycles. The number of rotatable bonds is 8. The maximum Gasteiger partial charge on any atom is 0.295 e. The van der Waals surface area contributed by atoms with Crippen LogP contribution in [0.3, 0.4) is 0 Å². The lowest BCUT2D eigenvalue weighted by Crippen LogP contribution is -3.14. The van der Waals surface area contributed by atoms with E-state index in [1.807, 2.05) is 48.5 Å². The van der Waals surface area contributed by atoms with Crippen LogP contribution in [0, 0.1) is 6.92 Å². The molecule has 2 saturated heterocycles. The topological polar surface area (TPSA) is 101 Å². The number of ether oxygens (including phenoxy) is 2. The molecule has 2 aliphatic heterocycles. The summed E-state index contributed by atoms with van der Waals surface area (Å²) in [5.41, 5.74) is 2.25. The van der Waals surface area contributed by atoms with Crippen molar-refractivity contribution in [2.24, 2.45) is 0 Å². The average Bonchev–Trinajstić information content (AvgIpc) is 3.46. The van der Waals surface area contributed by atoms with Crippen molar-refractivity contribution in [3.05, 3.63) is 83.2 Å². The molecule has 9 nitrogen and oxygen atoms in total. The van der Waals surface area contributed by atoms with E-state index < -0.39 is 23.5 Å². The molecule has 0 saturated carbocycles. The van der Waals surface area contributed by atoms with Gasteiger partial charge in [0.2, 0.25) is 5.78 Å². The highest BCUT2D eigenvalue weighted by molar-refractivity contribution is 6.46. The lowest BCUT2D eigenvalue weighted by atomic mass is 9.94. The SMILES string of the molecule is COc1ccccc1C1C(=C([O-])c2cnn(-c3ccccc3)c2C)C(=O)C(=O)N1CCC[NH+]1CCOCC1. The van der Waals surface area contributed by atoms with E-state index in [9.17, 15) is 14.7 Å². The Kier molecular flexibility index (Phi) is 7.57. The highest BCUT2D eigenvalue weighted by Gasteiger charge is 2.45. The van der Waals surface area contributed by atoms with Gasteiger partial charge in [-0.2, -0.15) is 5.10 Å². The van der Waals surface area contributed by atoms with E-state index >= 15 is 0 Å². The van der Waals surface area contributed by atoms with Gasteiger partial charge in [-0.3, -0.25) is 9.59 Å². The van der Waals surface area contributed by atoms with E-state index in [1.54, 1.807) is 24.8 Å². The first kappa shape index (κ1) is 25.7. The number of nitrogens with zero attached hydrogens (tertiary/aromatic N) is 3. The Labute approximate surface area is 221 Å². The van der Waals surface area contributed by atoms with Crippen LogP contribution in [0.15, 0.2) is 66.4 Å². The van der Waals surface area contributed by atoms with Crippen LogP contribution >= 0.6 is 0 Å². The number of para-hydroxylation sites is 2.